The molecule has 4 unspecified atom stereocenters. The predicted octanol–water partition coefficient (Wildman–Crippen LogP) is 1.32. The summed E-state index contributed by atoms with van der Waals surface area (Å²) in [5.74, 6) is 0.214. The van der Waals surface area contributed by atoms with E-state index in [9.17, 15) is 5.11 Å². The largest absolute Gasteiger partial charge is 0.388 e. The van der Waals surface area contributed by atoms with E-state index in [4.69, 9.17) is 9.47 Å². The molecule has 0 aromatic heterocycles. The first-order chi connectivity index (χ1) is 6.19. The quantitative estimate of drug-likeness (QED) is 0.676. The number of hydrogen-bond donors (Lipinski definition) is 1. The maximum Gasteiger partial charge on any atom is 0.183 e. The third-order valence-electron chi connectivity index (χ3n) is 2.46. The van der Waals surface area contributed by atoms with Gasteiger partial charge in [0.2, 0.25) is 0 Å². The van der Waals surface area contributed by atoms with Gasteiger partial charge in [-0.05, 0) is 25.7 Å². The molecule has 0 amide bonds. The molecular formula is C10H18O3. The molecule has 1 aliphatic rings. The Balaban J connectivity index is 2.57. The molecule has 0 aromatic rings. The molecular weight excluding hydrogens is 168 g/mol. The molecule has 1 rings (SSSR count). The second kappa shape index (κ2) is 4.74. The normalized spacial score (nSPS) is 40.2. The molecule has 1 saturated heterocycles. The Labute approximate surface area is 79.3 Å². The average molecular weight is 186 g/mol. The van der Waals surface area contributed by atoms with Gasteiger partial charge in [0.05, 0.1) is 6.10 Å². The van der Waals surface area contributed by atoms with Gasteiger partial charge in [0.1, 0.15) is 6.10 Å². The molecule has 3 heteroatoms. The van der Waals surface area contributed by atoms with Crippen LogP contribution in [0.4, 0.5) is 0 Å². The van der Waals surface area contributed by atoms with Crippen molar-refractivity contribution in [2.75, 3.05) is 7.11 Å². The standard InChI is InChI=1S/C10H18O3/c1-4-5-8-6-7(2)13-10(12-3)9(8)11/h4,7-11H,1,5-6H2,2-3H3. The molecule has 76 valence electrons. The number of aliphatic hydroxyl groups excluding tert-OH is 1. The first kappa shape index (κ1) is 10.7. The zero-order valence-electron chi connectivity index (χ0n) is 8.27. The Bertz CT molecular complexity index is 170. The van der Waals surface area contributed by atoms with Crippen molar-refractivity contribution < 1.29 is 14.6 Å². The predicted molar refractivity (Wildman–Crippen MR) is 50.3 cm³/mol. The van der Waals surface area contributed by atoms with Gasteiger partial charge in [-0.3, -0.25) is 0 Å². The third-order valence-corrected chi connectivity index (χ3v) is 2.46. The summed E-state index contributed by atoms with van der Waals surface area (Å²) in [5, 5.41) is 9.78. The van der Waals surface area contributed by atoms with Crippen LogP contribution in [0.5, 0.6) is 0 Å². The zero-order valence-corrected chi connectivity index (χ0v) is 8.27. The highest BCUT2D eigenvalue weighted by Crippen LogP contribution is 2.28. The minimum absolute atomic E-state index is 0.151. The van der Waals surface area contributed by atoms with Gasteiger partial charge in [0.25, 0.3) is 0 Å². The average Bonchev–Trinajstić information content (AvgIpc) is 2.11. The van der Waals surface area contributed by atoms with Crippen molar-refractivity contribution in [2.45, 2.75) is 38.3 Å². The van der Waals surface area contributed by atoms with Crippen LogP contribution in [0.2, 0.25) is 0 Å². The van der Waals surface area contributed by atoms with Crippen LogP contribution in [0, 0.1) is 5.92 Å². The first-order valence-corrected chi connectivity index (χ1v) is 4.66. The summed E-state index contributed by atoms with van der Waals surface area (Å²) < 4.78 is 10.5. The van der Waals surface area contributed by atoms with Gasteiger partial charge in [-0.25, -0.2) is 0 Å². The van der Waals surface area contributed by atoms with Gasteiger partial charge in [0, 0.05) is 7.11 Å². The van der Waals surface area contributed by atoms with E-state index in [1.165, 1.54) is 0 Å². The van der Waals surface area contributed by atoms with E-state index in [2.05, 4.69) is 6.58 Å². The lowest BCUT2D eigenvalue weighted by Crippen LogP contribution is -2.45. The van der Waals surface area contributed by atoms with Crippen LogP contribution in [0.1, 0.15) is 19.8 Å². The summed E-state index contributed by atoms with van der Waals surface area (Å²) in [5.41, 5.74) is 0. The van der Waals surface area contributed by atoms with E-state index in [0.29, 0.717) is 0 Å². The number of aliphatic hydroxyl groups is 1. The minimum Gasteiger partial charge on any atom is -0.388 e. The zero-order chi connectivity index (χ0) is 9.84. The molecule has 1 fully saturated rings. The van der Waals surface area contributed by atoms with Crippen molar-refractivity contribution in [1.29, 1.82) is 0 Å². The van der Waals surface area contributed by atoms with Crippen molar-refractivity contribution in [3.8, 4) is 0 Å². The molecule has 0 saturated carbocycles. The SMILES string of the molecule is C=CCC1CC(C)OC(OC)C1O. The molecule has 0 spiro atoms. The van der Waals surface area contributed by atoms with Crippen LogP contribution >= 0.6 is 0 Å². The van der Waals surface area contributed by atoms with Crippen LogP contribution in [0.25, 0.3) is 0 Å². The first-order valence-electron chi connectivity index (χ1n) is 4.66. The summed E-state index contributed by atoms with van der Waals surface area (Å²) >= 11 is 0. The molecule has 3 nitrogen and oxygen atoms in total. The molecule has 0 bridgehead atoms. The van der Waals surface area contributed by atoms with Crippen molar-refractivity contribution >= 4 is 0 Å². The molecule has 0 radical (unpaired) electrons. The van der Waals surface area contributed by atoms with E-state index in [1.54, 1.807) is 7.11 Å². The number of methoxy groups -OCH3 is 1. The Kier molecular flexibility index (Phi) is 3.90. The van der Waals surface area contributed by atoms with E-state index in [0.717, 1.165) is 12.8 Å². The van der Waals surface area contributed by atoms with Crippen molar-refractivity contribution in [2.24, 2.45) is 5.92 Å². The Morgan fingerprint density at radius 1 is 1.69 bits per heavy atom. The van der Waals surface area contributed by atoms with Gasteiger partial charge in [-0.15, -0.1) is 6.58 Å². The monoisotopic (exact) mass is 186 g/mol. The molecule has 0 aromatic carbocycles. The number of rotatable bonds is 3. The highest BCUT2D eigenvalue weighted by Gasteiger charge is 2.35. The topological polar surface area (TPSA) is 38.7 Å². The van der Waals surface area contributed by atoms with Gasteiger partial charge in [-0.2, -0.15) is 0 Å². The highest BCUT2D eigenvalue weighted by atomic mass is 16.7. The number of ether oxygens (including phenoxy) is 2. The van der Waals surface area contributed by atoms with Gasteiger partial charge >= 0.3 is 0 Å². The smallest absolute Gasteiger partial charge is 0.183 e. The molecule has 0 aliphatic carbocycles. The van der Waals surface area contributed by atoms with Crippen molar-refractivity contribution in [1.82, 2.24) is 0 Å². The molecule has 1 aliphatic heterocycles. The fourth-order valence-corrected chi connectivity index (χ4v) is 1.80. The summed E-state index contributed by atoms with van der Waals surface area (Å²) in [7, 11) is 1.55. The molecule has 13 heavy (non-hydrogen) atoms. The van der Waals surface area contributed by atoms with Gasteiger partial charge in [0.15, 0.2) is 6.29 Å². The molecule has 4 atom stereocenters. The maximum atomic E-state index is 9.78. The summed E-state index contributed by atoms with van der Waals surface area (Å²) in [4.78, 5) is 0. The van der Waals surface area contributed by atoms with Gasteiger partial charge in [-0.1, -0.05) is 6.08 Å². The van der Waals surface area contributed by atoms with Crippen molar-refractivity contribution in [3.05, 3.63) is 12.7 Å². The maximum absolute atomic E-state index is 9.78. The highest BCUT2D eigenvalue weighted by molar-refractivity contribution is 4.84. The van der Waals surface area contributed by atoms with Crippen molar-refractivity contribution in [3.63, 3.8) is 0 Å². The van der Waals surface area contributed by atoms with Crippen LogP contribution in [0.3, 0.4) is 0 Å². The Morgan fingerprint density at radius 3 is 2.92 bits per heavy atom. The number of allylic oxidation sites excluding steroid dienone is 1. The van der Waals surface area contributed by atoms with E-state index in [1.807, 2.05) is 13.0 Å². The second-order valence-corrected chi connectivity index (χ2v) is 3.56. The lowest BCUT2D eigenvalue weighted by Gasteiger charge is -2.36. The lowest BCUT2D eigenvalue weighted by atomic mass is 9.90. The van der Waals surface area contributed by atoms with E-state index >= 15 is 0 Å². The molecule has 1 heterocycles. The van der Waals surface area contributed by atoms with Crippen LogP contribution < -0.4 is 0 Å². The van der Waals surface area contributed by atoms with Crippen LogP contribution in [-0.2, 0) is 9.47 Å². The summed E-state index contributed by atoms with van der Waals surface area (Å²) in [6.45, 7) is 5.67. The molecule has 1 N–H and O–H groups in total. The third kappa shape index (κ3) is 2.53. The number of hydrogen-bond acceptors (Lipinski definition) is 3. The fraction of sp³-hybridized carbons (Fsp3) is 0.800. The Morgan fingerprint density at radius 2 is 2.38 bits per heavy atom. The fourth-order valence-electron chi connectivity index (χ4n) is 1.80. The lowest BCUT2D eigenvalue weighted by molar-refractivity contribution is -0.242. The Hall–Kier alpha value is -0.380. The van der Waals surface area contributed by atoms with E-state index in [-0.39, 0.29) is 12.0 Å². The summed E-state index contributed by atoms with van der Waals surface area (Å²) in [6.07, 6.45) is 2.66. The second-order valence-electron chi connectivity index (χ2n) is 3.56. The van der Waals surface area contributed by atoms with E-state index < -0.39 is 12.4 Å². The van der Waals surface area contributed by atoms with Crippen LogP contribution in [-0.4, -0.2) is 30.7 Å². The van der Waals surface area contributed by atoms with Gasteiger partial charge < -0.3 is 14.6 Å². The van der Waals surface area contributed by atoms with Crippen LogP contribution in [0.15, 0.2) is 12.7 Å². The summed E-state index contributed by atoms with van der Waals surface area (Å²) in [6, 6.07) is 0. The minimum atomic E-state index is -0.529.